The smallest absolute Gasteiger partial charge is 0.362 e. The molecular weight excluding hydrogens is 252 g/mol. The number of carbonyl (C=O) groups is 1. The van der Waals surface area contributed by atoms with Gasteiger partial charge in [-0.3, -0.25) is 4.84 Å². The van der Waals surface area contributed by atoms with Crippen molar-refractivity contribution in [1.29, 1.82) is 0 Å². The molecule has 0 aromatic carbocycles. The van der Waals surface area contributed by atoms with Crippen molar-refractivity contribution in [3.8, 4) is 0 Å². The van der Waals surface area contributed by atoms with Crippen molar-refractivity contribution in [3.05, 3.63) is 0 Å². The molecule has 106 valence electrons. The van der Waals surface area contributed by atoms with Crippen LogP contribution in [0.4, 0.5) is 4.79 Å². The Morgan fingerprint density at radius 1 is 1.39 bits per heavy atom. The predicted molar refractivity (Wildman–Crippen MR) is 76.0 cm³/mol. The summed E-state index contributed by atoms with van der Waals surface area (Å²) in [5.41, 5.74) is 0.306. The highest BCUT2D eigenvalue weighted by Gasteiger charge is 2.29. The Hall–Kier alpha value is -0.750. The number of rotatable bonds is 6. The average molecular weight is 276 g/mol. The average Bonchev–Trinajstić information content (AvgIpc) is 2.27. The molecule has 0 fully saturated rings. The van der Waals surface area contributed by atoms with E-state index in [1.165, 1.54) is 7.05 Å². The van der Waals surface area contributed by atoms with Gasteiger partial charge in [0.25, 0.3) is 0 Å². The van der Waals surface area contributed by atoms with Crippen LogP contribution in [0.25, 0.3) is 0 Å². The molecule has 18 heavy (non-hydrogen) atoms. The van der Waals surface area contributed by atoms with Gasteiger partial charge in [0, 0.05) is 19.1 Å². The summed E-state index contributed by atoms with van der Waals surface area (Å²) in [7, 11) is 1.50. The number of carbonyl (C=O) groups excluding carboxylic acids is 1. The number of nitrogens with one attached hydrogen (secondary N) is 1. The third-order valence-electron chi connectivity index (χ3n) is 2.06. The monoisotopic (exact) mass is 276 g/mol. The lowest BCUT2D eigenvalue weighted by Crippen LogP contribution is -2.34. The fraction of sp³-hybridized carbons (Fsp3) is 0.833. The van der Waals surface area contributed by atoms with E-state index in [1.54, 1.807) is 11.8 Å². The zero-order chi connectivity index (χ0) is 14.2. The molecule has 0 aliphatic carbocycles. The van der Waals surface area contributed by atoms with Crippen LogP contribution in [0.1, 0.15) is 34.6 Å². The zero-order valence-electron chi connectivity index (χ0n) is 12.1. The molecule has 1 atom stereocenters. The summed E-state index contributed by atoms with van der Waals surface area (Å²) in [5, 5.41) is 6.32. The maximum absolute atomic E-state index is 11.1. The quantitative estimate of drug-likeness (QED) is 0.351. The summed E-state index contributed by atoms with van der Waals surface area (Å²) in [6, 6.07) is 0. The highest BCUT2D eigenvalue weighted by molar-refractivity contribution is 8.00. The Labute approximate surface area is 114 Å². The molecule has 0 aliphatic heterocycles. The SMILES string of the molecule is CCOC(SCC)C(=NOC(=O)NC)C(C)(C)C. The first kappa shape index (κ1) is 17.2. The summed E-state index contributed by atoms with van der Waals surface area (Å²) in [5.74, 6) is 0.903. The van der Waals surface area contributed by atoms with Crippen molar-refractivity contribution in [3.63, 3.8) is 0 Å². The van der Waals surface area contributed by atoms with Gasteiger partial charge in [0.1, 0.15) is 11.1 Å². The van der Waals surface area contributed by atoms with E-state index >= 15 is 0 Å². The Balaban J connectivity index is 5.00. The second kappa shape index (κ2) is 8.37. The molecule has 1 amide bonds. The van der Waals surface area contributed by atoms with Crippen LogP contribution in [-0.2, 0) is 9.57 Å². The van der Waals surface area contributed by atoms with Crippen LogP contribution in [0.5, 0.6) is 0 Å². The summed E-state index contributed by atoms with van der Waals surface area (Å²) < 4.78 is 5.66. The highest BCUT2D eigenvalue weighted by atomic mass is 32.2. The van der Waals surface area contributed by atoms with Crippen LogP contribution in [0.2, 0.25) is 0 Å². The van der Waals surface area contributed by atoms with E-state index < -0.39 is 6.09 Å². The number of ether oxygens (including phenoxy) is 1. The first-order valence-electron chi connectivity index (χ1n) is 6.07. The van der Waals surface area contributed by atoms with Gasteiger partial charge in [-0.25, -0.2) is 4.79 Å². The van der Waals surface area contributed by atoms with Crippen molar-refractivity contribution in [1.82, 2.24) is 5.32 Å². The molecular formula is C12H24N2O3S. The molecule has 1 unspecified atom stereocenters. The largest absolute Gasteiger partial charge is 0.433 e. The Morgan fingerprint density at radius 3 is 2.39 bits per heavy atom. The van der Waals surface area contributed by atoms with E-state index in [-0.39, 0.29) is 10.9 Å². The molecule has 0 aromatic heterocycles. The third kappa shape index (κ3) is 6.26. The van der Waals surface area contributed by atoms with E-state index in [1.807, 2.05) is 27.7 Å². The van der Waals surface area contributed by atoms with Crippen LogP contribution in [-0.4, -0.2) is 36.6 Å². The molecule has 0 aromatic rings. The van der Waals surface area contributed by atoms with E-state index in [0.717, 1.165) is 11.5 Å². The molecule has 1 N–H and O–H groups in total. The molecule has 0 saturated carbocycles. The fourth-order valence-electron chi connectivity index (χ4n) is 1.18. The topological polar surface area (TPSA) is 59.9 Å². The van der Waals surface area contributed by atoms with Crippen LogP contribution in [0, 0.1) is 5.41 Å². The summed E-state index contributed by atoms with van der Waals surface area (Å²) in [6.07, 6.45) is -0.575. The van der Waals surface area contributed by atoms with E-state index in [4.69, 9.17) is 9.57 Å². The molecule has 5 nitrogen and oxygen atoms in total. The second-order valence-electron chi connectivity index (χ2n) is 4.60. The van der Waals surface area contributed by atoms with Crippen molar-refractivity contribution in [2.45, 2.75) is 40.1 Å². The standard InChI is InChI=1S/C12H24N2O3S/c1-7-16-10(18-8-2)9(12(3,4)5)14-17-11(15)13-6/h10H,7-8H2,1-6H3,(H,13,15). The lowest BCUT2D eigenvalue weighted by atomic mass is 9.90. The lowest BCUT2D eigenvalue weighted by molar-refractivity contribution is 0.138. The molecule has 0 heterocycles. The van der Waals surface area contributed by atoms with Crippen molar-refractivity contribution >= 4 is 23.6 Å². The third-order valence-corrected chi connectivity index (χ3v) is 3.05. The molecule has 0 bridgehead atoms. The number of nitrogens with zero attached hydrogens (tertiary/aromatic N) is 1. The lowest BCUT2D eigenvalue weighted by Gasteiger charge is -2.27. The number of oxime groups is 1. The van der Waals surface area contributed by atoms with Gasteiger partial charge in [0.15, 0.2) is 0 Å². The van der Waals surface area contributed by atoms with Crippen molar-refractivity contribution in [2.75, 3.05) is 19.4 Å². The van der Waals surface area contributed by atoms with Crippen LogP contribution in [0.15, 0.2) is 5.16 Å². The molecule has 6 heteroatoms. The summed E-state index contributed by atoms with van der Waals surface area (Å²) in [6.45, 7) is 10.6. The summed E-state index contributed by atoms with van der Waals surface area (Å²) >= 11 is 1.63. The van der Waals surface area contributed by atoms with Gasteiger partial charge in [-0.1, -0.05) is 32.9 Å². The maximum Gasteiger partial charge on any atom is 0.433 e. The molecule has 0 aliphatic rings. The van der Waals surface area contributed by atoms with Gasteiger partial charge in [-0.2, -0.15) is 0 Å². The Kier molecular flexibility index (Phi) is 8.02. The molecule has 0 radical (unpaired) electrons. The molecule has 0 rings (SSSR count). The van der Waals surface area contributed by atoms with Gasteiger partial charge >= 0.3 is 6.09 Å². The van der Waals surface area contributed by atoms with E-state index in [2.05, 4.69) is 17.4 Å². The first-order chi connectivity index (χ1) is 8.36. The number of hydrogen-bond acceptors (Lipinski definition) is 5. The maximum atomic E-state index is 11.1. The van der Waals surface area contributed by atoms with E-state index in [0.29, 0.717) is 6.61 Å². The minimum Gasteiger partial charge on any atom is -0.362 e. The van der Waals surface area contributed by atoms with Crippen molar-refractivity contribution in [2.24, 2.45) is 10.6 Å². The second-order valence-corrected chi connectivity index (χ2v) is 5.94. The Bertz CT molecular complexity index is 282. The van der Waals surface area contributed by atoms with Gasteiger partial charge < -0.3 is 10.1 Å². The zero-order valence-corrected chi connectivity index (χ0v) is 12.9. The van der Waals surface area contributed by atoms with Crippen LogP contribution < -0.4 is 5.32 Å². The minimum absolute atomic E-state index is 0.190. The first-order valence-corrected chi connectivity index (χ1v) is 7.11. The highest BCUT2D eigenvalue weighted by Crippen LogP contribution is 2.26. The minimum atomic E-state index is -0.575. The van der Waals surface area contributed by atoms with E-state index in [9.17, 15) is 4.79 Å². The van der Waals surface area contributed by atoms with Gasteiger partial charge in [-0.15, -0.1) is 11.8 Å². The van der Waals surface area contributed by atoms with Gasteiger partial charge in [0.05, 0.1) is 0 Å². The normalized spacial score (nSPS) is 14.2. The Morgan fingerprint density at radius 2 is 2.00 bits per heavy atom. The molecule has 0 saturated heterocycles. The fourth-order valence-corrected chi connectivity index (χ4v) is 2.27. The van der Waals surface area contributed by atoms with Gasteiger partial charge in [0.2, 0.25) is 0 Å². The van der Waals surface area contributed by atoms with Crippen LogP contribution >= 0.6 is 11.8 Å². The molecule has 0 spiro atoms. The summed E-state index contributed by atoms with van der Waals surface area (Å²) in [4.78, 5) is 15.9. The number of thioether (sulfide) groups is 1. The predicted octanol–water partition coefficient (Wildman–Crippen LogP) is 2.86. The van der Waals surface area contributed by atoms with Crippen molar-refractivity contribution < 1.29 is 14.4 Å². The number of amides is 1. The van der Waals surface area contributed by atoms with Crippen LogP contribution in [0.3, 0.4) is 0 Å². The van der Waals surface area contributed by atoms with Gasteiger partial charge in [-0.05, 0) is 12.7 Å². The number of hydrogen-bond donors (Lipinski definition) is 1.